The van der Waals surface area contributed by atoms with Gasteiger partial charge in [0.1, 0.15) is 17.8 Å². The Balaban J connectivity index is 2.86. The van der Waals surface area contributed by atoms with Gasteiger partial charge in [0, 0.05) is 6.07 Å². The lowest BCUT2D eigenvalue weighted by Crippen LogP contribution is -2.44. The second-order valence-corrected chi connectivity index (χ2v) is 8.17. The maximum absolute atomic E-state index is 12.1. The summed E-state index contributed by atoms with van der Waals surface area (Å²) >= 11 is 0. The Morgan fingerprint density at radius 1 is 1.07 bits per heavy atom. The Bertz CT molecular complexity index is 675. The van der Waals surface area contributed by atoms with Gasteiger partial charge in [-0.05, 0) is 47.6 Å². The monoisotopic (exact) mass is 396 g/mol. The van der Waals surface area contributed by atoms with Crippen molar-refractivity contribution in [3.63, 3.8) is 0 Å². The van der Waals surface area contributed by atoms with Crippen molar-refractivity contribution in [1.29, 1.82) is 0 Å². The van der Waals surface area contributed by atoms with Gasteiger partial charge in [0.25, 0.3) is 0 Å². The highest BCUT2D eigenvalue weighted by Crippen LogP contribution is 2.26. The molecule has 9 heteroatoms. The molecule has 1 amide bonds. The molecule has 0 heterocycles. The Kier molecular flexibility index (Phi) is 7.78. The molecule has 1 rings (SSSR count). The van der Waals surface area contributed by atoms with Crippen molar-refractivity contribution in [3.05, 3.63) is 34.4 Å². The van der Waals surface area contributed by atoms with E-state index in [4.69, 9.17) is 14.2 Å². The minimum absolute atomic E-state index is 0.0349. The predicted molar refractivity (Wildman–Crippen MR) is 102 cm³/mol. The number of nitro benzene ring substituents is 1. The topological polar surface area (TPSA) is 117 Å². The van der Waals surface area contributed by atoms with Gasteiger partial charge in [0.15, 0.2) is 5.75 Å². The van der Waals surface area contributed by atoms with Gasteiger partial charge in [0.2, 0.25) is 0 Å². The maximum Gasteiger partial charge on any atom is 0.408 e. The Hall–Kier alpha value is -2.84. The van der Waals surface area contributed by atoms with E-state index in [9.17, 15) is 19.7 Å². The van der Waals surface area contributed by atoms with Crippen molar-refractivity contribution in [3.8, 4) is 5.75 Å². The van der Waals surface area contributed by atoms with Crippen LogP contribution in [0.15, 0.2) is 24.3 Å². The molecule has 0 fully saturated rings. The number of rotatable bonds is 7. The number of esters is 1. The van der Waals surface area contributed by atoms with E-state index in [1.54, 1.807) is 47.6 Å². The van der Waals surface area contributed by atoms with Crippen molar-refractivity contribution >= 4 is 17.7 Å². The molecule has 0 saturated heterocycles. The average Bonchev–Trinajstić information content (AvgIpc) is 2.49. The zero-order valence-electron chi connectivity index (χ0n) is 17.1. The minimum atomic E-state index is -0.801. The van der Waals surface area contributed by atoms with Gasteiger partial charge in [-0.3, -0.25) is 14.9 Å². The van der Waals surface area contributed by atoms with Crippen molar-refractivity contribution in [1.82, 2.24) is 5.32 Å². The number of ether oxygens (including phenoxy) is 3. The van der Waals surface area contributed by atoms with Crippen LogP contribution in [0, 0.1) is 10.1 Å². The molecule has 0 bridgehead atoms. The fourth-order valence-electron chi connectivity index (χ4n) is 2.13. The molecule has 1 aromatic rings. The molecule has 1 aromatic carbocycles. The van der Waals surface area contributed by atoms with E-state index in [1.165, 1.54) is 18.2 Å². The van der Waals surface area contributed by atoms with Gasteiger partial charge in [-0.2, -0.15) is 0 Å². The molecule has 0 unspecified atom stereocenters. The molecule has 156 valence electrons. The third-order valence-electron chi connectivity index (χ3n) is 3.06. The molecule has 0 aliphatic carbocycles. The van der Waals surface area contributed by atoms with Gasteiger partial charge < -0.3 is 19.5 Å². The molecule has 9 nitrogen and oxygen atoms in total. The molecule has 0 aliphatic heterocycles. The number of para-hydroxylation sites is 2. The summed E-state index contributed by atoms with van der Waals surface area (Å²) < 4.78 is 16.0. The van der Waals surface area contributed by atoms with Crippen LogP contribution in [-0.2, 0) is 14.3 Å². The van der Waals surface area contributed by atoms with E-state index in [1.807, 2.05) is 0 Å². The highest BCUT2D eigenvalue weighted by atomic mass is 16.6. The van der Waals surface area contributed by atoms with E-state index in [2.05, 4.69) is 5.32 Å². The molecule has 28 heavy (non-hydrogen) atoms. The van der Waals surface area contributed by atoms with Gasteiger partial charge in [-0.1, -0.05) is 12.1 Å². The molecule has 1 atom stereocenters. The summed E-state index contributed by atoms with van der Waals surface area (Å²) in [6, 6.07) is 5.05. The van der Waals surface area contributed by atoms with E-state index in [0.717, 1.165) is 0 Å². The molecular formula is C19H28N2O7. The first-order chi connectivity index (χ1) is 12.8. The lowest BCUT2D eigenvalue weighted by atomic mass is 10.1. The molecule has 0 aromatic heterocycles. The van der Waals surface area contributed by atoms with E-state index in [0.29, 0.717) is 0 Å². The molecule has 1 N–H and O–H groups in total. The summed E-state index contributed by atoms with van der Waals surface area (Å²) in [5.74, 6) is -0.507. The third kappa shape index (κ3) is 9.20. The number of nitrogens with one attached hydrogen (secondary N) is 1. The lowest BCUT2D eigenvalue weighted by molar-refractivity contribution is -0.385. The van der Waals surface area contributed by atoms with Crippen LogP contribution in [0.2, 0.25) is 0 Å². The highest BCUT2D eigenvalue weighted by Gasteiger charge is 2.25. The van der Waals surface area contributed by atoms with Gasteiger partial charge in [-0.25, -0.2) is 4.79 Å². The molecular weight excluding hydrogens is 368 g/mol. The second kappa shape index (κ2) is 9.38. The Morgan fingerprint density at radius 2 is 1.64 bits per heavy atom. The first-order valence-corrected chi connectivity index (χ1v) is 8.84. The van der Waals surface area contributed by atoms with Crippen LogP contribution in [0.4, 0.5) is 10.5 Å². The quantitative estimate of drug-likeness (QED) is 0.425. The largest absolute Gasteiger partial charge is 0.485 e. The molecule has 0 aliphatic rings. The smallest absolute Gasteiger partial charge is 0.408 e. The standard InChI is InChI=1S/C19H28N2O7/c1-18(2,3)27-16(22)11-13(20-17(23)28-19(4,5)6)12-26-15-10-8-7-9-14(15)21(24)25/h7-10,13H,11-12H2,1-6H3,(H,20,23)/t13-/m1/s1. The van der Waals surface area contributed by atoms with Crippen molar-refractivity contribution in [2.45, 2.75) is 65.2 Å². The van der Waals surface area contributed by atoms with Crippen LogP contribution >= 0.6 is 0 Å². The summed E-state index contributed by atoms with van der Waals surface area (Å²) in [4.78, 5) is 34.7. The number of nitro groups is 1. The summed E-state index contributed by atoms with van der Waals surface area (Å²) in [6.07, 6.45) is -0.913. The van der Waals surface area contributed by atoms with Crippen LogP contribution < -0.4 is 10.1 Å². The van der Waals surface area contributed by atoms with Crippen LogP contribution in [-0.4, -0.2) is 40.8 Å². The highest BCUT2D eigenvalue weighted by molar-refractivity contribution is 5.73. The fraction of sp³-hybridized carbons (Fsp3) is 0.579. The number of carbonyl (C=O) groups excluding carboxylic acids is 2. The Morgan fingerprint density at radius 3 is 2.18 bits per heavy atom. The summed E-state index contributed by atoms with van der Waals surface area (Å²) in [7, 11) is 0. The lowest BCUT2D eigenvalue weighted by Gasteiger charge is -2.25. The van der Waals surface area contributed by atoms with Crippen molar-refractivity contribution < 1.29 is 28.7 Å². The number of carbonyl (C=O) groups is 2. The van der Waals surface area contributed by atoms with Gasteiger partial charge in [-0.15, -0.1) is 0 Å². The predicted octanol–water partition coefficient (Wildman–Crippen LogP) is 3.60. The normalized spacial score (nSPS) is 12.6. The van der Waals surface area contributed by atoms with E-state index < -0.39 is 34.2 Å². The maximum atomic E-state index is 12.1. The first kappa shape index (κ1) is 23.2. The van der Waals surface area contributed by atoms with Crippen LogP contribution in [0.25, 0.3) is 0 Å². The number of hydrogen-bond acceptors (Lipinski definition) is 7. The number of alkyl carbamates (subject to hydrolysis) is 1. The van der Waals surface area contributed by atoms with Crippen molar-refractivity contribution in [2.75, 3.05) is 6.61 Å². The summed E-state index contributed by atoms with van der Waals surface area (Å²) in [6.45, 7) is 10.1. The van der Waals surface area contributed by atoms with Crippen molar-refractivity contribution in [2.24, 2.45) is 0 Å². The van der Waals surface area contributed by atoms with E-state index in [-0.39, 0.29) is 24.5 Å². The van der Waals surface area contributed by atoms with Gasteiger partial charge in [0.05, 0.1) is 17.4 Å². The van der Waals surface area contributed by atoms with Crippen LogP contribution in [0.5, 0.6) is 5.75 Å². The fourth-order valence-corrected chi connectivity index (χ4v) is 2.13. The minimum Gasteiger partial charge on any atom is -0.485 e. The average molecular weight is 396 g/mol. The Labute approximate surface area is 164 Å². The zero-order valence-corrected chi connectivity index (χ0v) is 17.1. The van der Waals surface area contributed by atoms with Crippen LogP contribution in [0.1, 0.15) is 48.0 Å². The van der Waals surface area contributed by atoms with E-state index >= 15 is 0 Å². The number of hydrogen-bond donors (Lipinski definition) is 1. The van der Waals surface area contributed by atoms with Gasteiger partial charge >= 0.3 is 17.7 Å². The van der Waals surface area contributed by atoms with Crippen LogP contribution in [0.3, 0.4) is 0 Å². The SMILES string of the molecule is CC(C)(C)OC(=O)C[C@H](COc1ccccc1[N+](=O)[O-])NC(=O)OC(C)(C)C. The molecule has 0 saturated carbocycles. The zero-order chi connectivity index (χ0) is 21.5. The summed E-state index contributed by atoms with van der Waals surface area (Å²) in [5, 5.41) is 13.6. The molecule has 0 radical (unpaired) electrons. The number of nitrogens with zero attached hydrogens (tertiary/aromatic N) is 1. The first-order valence-electron chi connectivity index (χ1n) is 8.84. The second-order valence-electron chi connectivity index (χ2n) is 8.17. The molecule has 0 spiro atoms. The number of benzene rings is 1. The number of amides is 1. The summed E-state index contributed by atoms with van der Waals surface area (Å²) in [5.41, 5.74) is -1.62. The third-order valence-corrected chi connectivity index (χ3v) is 3.06.